The minimum atomic E-state index is -0.456. The van der Waals surface area contributed by atoms with Gasteiger partial charge in [-0.15, -0.1) is 11.3 Å². The van der Waals surface area contributed by atoms with Crippen molar-refractivity contribution < 1.29 is 14.3 Å². The lowest BCUT2D eigenvalue weighted by Crippen LogP contribution is -2.25. The largest absolute Gasteiger partial charge is 0.452 e. The topological polar surface area (TPSA) is 71.5 Å². The van der Waals surface area contributed by atoms with Crippen LogP contribution in [-0.2, 0) is 9.53 Å². The second-order valence-electron chi connectivity index (χ2n) is 4.31. The third kappa shape index (κ3) is 4.16. The van der Waals surface area contributed by atoms with E-state index in [1.165, 1.54) is 29.4 Å². The maximum absolute atomic E-state index is 11.8. The van der Waals surface area contributed by atoms with Crippen LogP contribution >= 0.6 is 11.3 Å². The Bertz CT molecular complexity index is 666. The zero-order valence-electron chi connectivity index (χ0n) is 12.1. The summed E-state index contributed by atoms with van der Waals surface area (Å²) in [5.74, 6) is -0.248. The third-order valence-electron chi connectivity index (χ3n) is 2.83. The second-order valence-corrected chi connectivity index (χ2v) is 5.03. The van der Waals surface area contributed by atoms with Gasteiger partial charge in [-0.2, -0.15) is 0 Å². The molecule has 0 aliphatic rings. The Balaban J connectivity index is 1.96. The summed E-state index contributed by atoms with van der Waals surface area (Å²) in [5, 5.41) is 4.58. The van der Waals surface area contributed by atoms with Crippen molar-refractivity contribution in [2.75, 3.05) is 24.4 Å². The lowest BCUT2D eigenvalue weighted by atomic mass is 10.2. The Labute approximate surface area is 132 Å². The number of hydrogen-bond donors (Lipinski definition) is 1. The van der Waals surface area contributed by atoms with E-state index < -0.39 is 6.09 Å². The fraction of sp³-hybridized carbons (Fsp3) is 0.133. The number of ether oxygens (including phenoxy) is 1. The quantitative estimate of drug-likeness (QED) is 0.880. The summed E-state index contributed by atoms with van der Waals surface area (Å²) in [5.41, 5.74) is 3.75. The van der Waals surface area contributed by atoms with Crippen LogP contribution in [0.15, 0.2) is 41.2 Å². The molecule has 0 unspecified atom stereocenters. The van der Waals surface area contributed by atoms with Gasteiger partial charge in [0.15, 0.2) is 0 Å². The highest BCUT2D eigenvalue weighted by Crippen LogP contribution is 2.17. The smallest absolute Gasteiger partial charge is 0.413 e. The number of aromatic nitrogens is 1. The number of amides is 2. The van der Waals surface area contributed by atoms with Crippen molar-refractivity contribution in [3.63, 3.8) is 0 Å². The van der Waals surface area contributed by atoms with E-state index in [1.807, 2.05) is 5.38 Å². The Kier molecular flexibility index (Phi) is 5.26. The van der Waals surface area contributed by atoms with E-state index >= 15 is 0 Å². The first-order valence-corrected chi connectivity index (χ1v) is 7.33. The normalized spacial score (nSPS) is 10.5. The summed E-state index contributed by atoms with van der Waals surface area (Å²) in [4.78, 5) is 28.6. The third-order valence-corrected chi connectivity index (χ3v) is 3.43. The molecule has 0 atom stereocenters. The van der Waals surface area contributed by atoms with Gasteiger partial charge in [0.25, 0.3) is 0 Å². The number of nitrogens with zero attached hydrogens (tertiary/aromatic N) is 2. The van der Waals surface area contributed by atoms with Gasteiger partial charge in [-0.25, -0.2) is 9.78 Å². The number of carbonyl (C=O) groups is 2. The summed E-state index contributed by atoms with van der Waals surface area (Å²) >= 11 is 1.47. The molecule has 2 aromatic rings. The van der Waals surface area contributed by atoms with Crippen LogP contribution in [0.4, 0.5) is 16.2 Å². The minimum Gasteiger partial charge on any atom is -0.452 e. The second kappa shape index (κ2) is 7.37. The Morgan fingerprint density at radius 2 is 2.05 bits per heavy atom. The molecular formula is C15H15N3O3S. The highest BCUT2D eigenvalue weighted by Gasteiger charge is 2.10. The van der Waals surface area contributed by atoms with E-state index in [4.69, 9.17) is 0 Å². The number of methoxy groups -OCH3 is 1. The number of anilines is 2. The Morgan fingerprint density at radius 3 is 2.64 bits per heavy atom. The molecule has 0 aliphatic carbocycles. The molecule has 1 N–H and O–H groups in total. The maximum Gasteiger partial charge on any atom is 0.413 e. The number of hydrogen-bond acceptors (Lipinski definition) is 5. The molecule has 1 aromatic heterocycles. The van der Waals surface area contributed by atoms with Crippen LogP contribution in [0, 0.1) is 0 Å². The standard InChI is InChI=1S/C15H15N3O3S/c1-18(15(20)21-2)13-6-3-11(4-7-13)17-14(19)8-5-12-9-22-10-16-12/h3-10H,1-2H3,(H,17,19)/b8-5+. The van der Waals surface area contributed by atoms with Crippen molar-refractivity contribution in [3.8, 4) is 0 Å². The molecule has 7 heteroatoms. The number of nitrogens with one attached hydrogen (secondary N) is 1. The summed E-state index contributed by atoms with van der Waals surface area (Å²) in [6.45, 7) is 0. The maximum atomic E-state index is 11.8. The van der Waals surface area contributed by atoms with Crippen molar-refractivity contribution in [2.45, 2.75) is 0 Å². The van der Waals surface area contributed by atoms with Crippen LogP contribution in [0.25, 0.3) is 6.08 Å². The average Bonchev–Trinajstić information content (AvgIpc) is 3.05. The van der Waals surface area contributed by atoms with E-state index in [9.17, 15) is 9.59 Å². The van der Waals surface area contributed by atoms with Gasteiger partial charge in [0.2, 0.25) is 5.91 Å². The van der Waals surface area contributed by atoms with Crippen molar-refractivity contribution in [3.05, 3.63) is 46.9 Å². The molecule has 1 heterocycles. The van der Waals surface area contributed by atoms with Crippen LogP contribution in [0.2, 0.25) is 0 Å². The van der Waals surface area contributed by atoms with Crippen molar-refractivity contribution in [1.82, 2.24) is 4.98 Å². The van der Waals surface area contributed by atoms with Crippen LogP contribution in [0.1, 0.15) is 5.69 Å². The highest BCUT2D eigenvalue weighted by atomic mass is 32.1. The highest BCUT2D eigenvalue weighted by molar-refractivity contribution is 7.07. The zero-order valence-corrected chi connectivity index (χ0v) is 13.0. The van der Waals surface area contributed by atoms with E-state index in [0.717, 1.165) is 5.69 Å². The van der Waals surface area contributed by atoms with E-state index in [0.29, 0.717) is 11.4 Å². The summed E-state index contributed by atoms with van der Waals surface area (Å²) < 4.78 is 4.63. The fourth-order valence-electron chi connectivity index (χ4n) is 1.66. The van der Waals surface area contributed by atoms with E-state index in [2.05, 4.69) is 15.0 Å². The first kappa shape index (κ1) is 15.7. The van der Waals surface area contributed by atoms with Gasteiger partial charge in [0.05, 0.1) is 18.3 Å². The van der Waals surface area contributed by atoms with Crippen LogP contribution in [0.5, 0.6) is 0 Å². The van der Waals surface area contributed by atoms with Gasteiger partial charge < -0.3 is 10.1 Å². The summed E-state index contributed by atoms with van der Waals surface area (Å²) in [6.07, 6.45) is 2.61. The molecule has 0 saturated heterocycles. The van der Waals surface area contributed by atoms with Crippen LogP contribution in [0.3, 0.4) is 0 Å². The minimum absolute atomic E-state index is 0.248. The monoisotopic (exact) mass is 317 g/mol. The molecule has 0 aliphatic heterocycles. The molecule has 114 valence electrons. The first-order valence-electron chi connectivity index (χ1n) is 6.39. The average molecular weight is 317 g/mol. The molecule has 2 amide bonds. The fourth-order valence-corrected chi connectivity index (χ4v) is 2.18. The lowest BCUT2D eigenvalue weighted by Gasteiger charge is -2.15. The summed E-state index contributed by atoms with van der Waals surface area (Å²) in [7, 11) is 2.93. The molecule has 0 fully saturated rings. The first-order chi connectivity index (χ1) is 10.6. The molecular weight excluding hydrogens is 302 g/mol. The number of benzene rings is 1. The number of rotatable bonds is 4. The number of carbonyl (C=O) groups excluding carboxylic acids is 2. The van der Waals surface area contributed by atoms with Crippen molar-refractivity contribution >= 4 is 40.8 Å². The molecule has 0 radical (unpaired) electrons. The molecule has 0 bridgehead atoms. The zero-order chi connectivity index (χ0) is 15.9. The van der Waals surface area contributed by atoms with E-state index in [-0.39, 0.29) is 5.91 Å². The van der Waals surface area contributed by atoms with Gasteiger partial charge in [-0.1, -0.05) is 0 Å². The predicted molar refractivity (Wildman–Crippen MR) is 87.0 cm³/mol. The van der Waals surface area contributed by atoms with Crippen molar-refractivity contribution in [2.24, 2.45) is 0 Å². The Hall–Kier alpha value is -2.67. The molecule has 0 spiro atoms. The molecule has 0 saturated carbocycles. The Morgan fingerprint density at radius 1 is 1.32 bits per heavy atom. The number of thiazole rings is 1. The molecule has 22 heavy (non-hydrogen) atoms. The van der Waals surface area contributed by atoms with E-state index in [1.54, 1.807) is 42.9 Å². The van der Waals surface area contributed by atoms with Crippen LogP contribution in [-0.4, -0.2) is 31.1 Å². The van der Waals surface area contributed by atoms with Gasteiger partial charge in [0, 0.05) is 29.9 Å². The van der Waals surface area contributed by atoms with Gasteiger partial charge >= 0.3 is 6.09 Å². The van der Waals surface area contributed by atoms with Gasteiger partial charge in [-0.05, 0) is 30.3 Å². The lowest BCUT2D eigenvalue weighted by molar-refractivity contribution is -0.111. The van der Waals surface area contributed by atoms with Crippen molar-refractivity contribution in [1.29, 1.82) is 0 Å². The van der Waals surface area contributed by atoms with Crippen LogP contribution < -0.4 is 10.2 Å². The van der Waals surface area contributed by atoms with Gasteiger partial charge in [0.1, 0.15) is 0 Å². The molecule has 1 aromatic carbocycles. The van der Waals surface area contributed by atoms with Gasteiger partial charge in [-0.3, -0.25) is 9.69 Å². The molecule has 6 nitrogen and oxygen atoms in total. The predicted octanol–water partition coefficient (Wildman–Crippen LogP) is 3.00. The summed E-state index contributed by atoms with van der Waals surface area (Å²) in [6, 6.07) is 6.86. The molecule has 2 rings (SSSR count). The SMILES string of the molecule is COC(=O)N(C)c1ccc(NC(=O)/C=C/c2cscn2)cc1.